The Kier molecular flexibility index (Phi) is 6.31. The van der Waals surface area contributed by atoms with Gasteiger partial charge in [0, 0.05) is 18.6 Å². The smallest absolute Gasteiger partial charge is 0.261 e. The molecule has 128 valence electrons. The molecule has 1 amide bonds. The van der Waals surface area contributed by atoms with Gasteiger partial charge in [0.25, 0.3) is 5.91 Å². The zero-order valence-electron chi connectivity index (χ0n) is 14.0. The van der Waals surface area contributed by atoms with Crippen molar-refractivity contribution >= 4 is 18.3 Å². The predicted molar refractivity (Wildman–Crippen MR) is 94.4 cm³/mol. The van der Waals surface area contributed by atoms with E-state index in [9.17, 15) is 4.79 Å². The van der Waals surface area contributed by atoms with Crippen LogP contribution in [0.3, 0.4) is 0 Å². The topological polar surface area (TPSA) is 41.6 Å². The van der Waals surface area contributed by atoms with Crippen LogP contribution in [-0.2, 0) is 4.79 Å². The normalized spacial score (nSPS) is 23.3. The molecule has 1 aromatic carbocycles. The second kappa shape index (κ2) is 8.02. The standard InChI is InChI=1S/C18H26N2O2.ClH/c1-13(2)14-3-7-17(8-4-14)22-12-18(21)20-15-5-6-16(20)11-19-10-9-15;/h3-4,7-8,13,15-16,19H,5-6,9-12H2,1-2H3;1H. The maximum absolute atomic E-state index is 12.5. The molecule has 2 heterocycles. The number of fused-ring (bicyclic) bond motifs is 2. The molecule has 5 heteroatoms. The Morgan fingerprint density at radius 3 is 2.61 bits per heavy atom. The van der Waals surface area contributed by atoms with Crippen molar-refractivity contribution in [3.8, 4) is 5.75 Å². The summed E-state index contributed by atoms with van der Waals surface area (Å²) in [5, 5.41) is 3.42. The quantitative estimate of drug-likeness (QED) is 0.917. The third-order valence-electron chi connectivity index (χ3n) is 4.85. The van der Waals surface area contributed by atoms with E-state index in [0.717, 1.165) is 38.1 Å². The molecule has 2 saturated heterocycles. The highest BCUT2D eigenvalue weighted by Gasteiger charge is 2.37. The molecule has 0 aromatic heterocycles. The number of halogens is 1. The molecule has 2 fully saturated rings. The molecule has 0 spiro atoms. The largest absolute Gasteiger partial charge is 0.484 e. The highest BCUT2D eigenvalue weighted by molar-refractivity contribution is 5.85. The molecule has 1 aromatic rings. The van der Waals surface area contributed by atoms with Crippen molar-refractivity contribution in [3.05, 3.63) is 29.8 Å². The number of benzene rings is 1. The Morgan fingerprint density at radius 1 is 1.22 bits per heavy atom. The molecule has 0 saturated carbocycles. The van der Waals surface area contributed by atoms with Crippen LogP contribution in [0, 0.1) is 0 Å². The number of hydrogen-bond donors (Lipinski definition) is 1. The number of rotatable bonds is 4. The van der Waals surface area contributed by atoms with Gasteiger partial charge in [0.15, 0.2) is 6.61 Å². The van der Waals surface area contributed by atoms with Gasteiger partial charge < -0.3 is 15.0 Å². The summed E-state index contributed by atoms with van der Waals surface area (Å²) < 4.78 is 5.71. The van der Waals surface area contributed by atoms with E-state index in [4.69, 9.17) is 4.74 Å². The first-order valence-electron chi connectivity index (χ1n) is 8.40. The van der Waals surface area contributed by atoms with Gasteiger partial charge in [-0.3, -0.25) is 4.79 Å². The summed E-state index contributed by atoms with van der Waals surface area (Å²) in [7, 11) is 0. The molecule has 0 aliphatic carbocycles. The van der Waals surface area contributed by atoms with Crippen LogP contribution in [-0.4, -0.2) is 42.6 Å². The van der Waals surface area contributed by atoms with E-state index in [-0.39, 0.29) is 24.9 Å². The van der Waals surface area contributed by atoms with Crippen LogP contribution in [0.4, 0.5) is 0 Å². The Labute approximate surface area is 145 Å². The summed E-state index contributed by atoms with van der Waals surface area (Å²) in [6.45, 7) is 6.42. The molecule has 2 aliphatic heterocycles. The lowest BCUT2D eigenvalue weighted by Gasteiger charge is -2.27. The minimum absolute atomic E-state index is 0. The van der Waals surface area contributed by atoms with Crippen LogP contribution in [0.2, 0.25) is 0 Å². The second-order valence-electron chi connectivity index (χ2n) is 6.69. The van der Waals surface area contributed by atoms with Crippen molar-refractivity contribution in [1.29, 1.82) is 0 Å². The minimum atomic E-state index is 0. The van der Waals surface area contributed by atoms with Crippen LogP contribution in [0.25, 0.3) is 0 Å². The third-order valence-corrected chi connectivity index (χ3v) is 4.85. The van der Waals surface area contributed by atoms with Crippen molar-refractivity contribution in [1.82, 2.24) is 10.2 Å². The first-order chi connectivity index (χ1) is 10.6. The Hall–Kier alpha value is -1.26. The fraction of sp³-hybridized carbons (Fsp3) is 0.611. The van der Waals surface area contributed by atoms with Gasteiger partial charge in [0.1, 0.15) is 5.75 Å². The van der Waals surface area contributed by atoms with Gasteiger partial charge in [0.05, 0.1) is 0 Å². The second-order valence-corrected chi connectivity index (χ2v) is 6.69. The number of carbonyl (C=O) groups excluding carboxylic acids is 1. The van der Waals surface area contributed by atoms with E-state index >= 15 is 0 Å². The monoisotopic (exact) mass is 338 g/mol. The lowest BCUT2D eigenvalue weighted by molar-refractivity contribution is -0.136. The van der Waals surface area contributed by atoms with Gasteiger partial charge >= 0.3 is 0 Å². The molecule has 2 bridgehead atoms. The Morgan fingerprint density at radius 2 is 1.91 bits per heavy atom. The molecular weight excluding hydrogens is 312 g/mol. The zero-order chi connectivity index (χ0) is 15.5. The van der Waals surface area contributed by atoms with Crippen molar-refractivity contribution in [2.45, 2.75) is 51.1 Å². The van der Waals surface area contributed by atoms with E-state index < -0.39 is 0 Å². The Bertz CT molecular complexity index is 504. The number of ether oxygens (including phenoxy) is 1. The first kappa shape index (κ1) is 18.1. The van der Waals surface area contributed by atoms with Gasteiger partial charge in [-0.25, -0.2) is 0 Å². The minimum Gasteiger partial charge on any atom is -0.484 e. The van der Waals surface area contributed by atoms with E-state index in [2.05, 4.69) is 36.2 Å². The number of hydrogen-bond acceptors (Lipinski definition) is 3. The van der Waals surface area contributed by atoms with Crippen molar-refractivity contribution < 1.29 is 9.53 Å². The molecule has 2 unspecified atom stereocenters. The number of nitrogens with zero attached hydrogens (tertiary/aromatic N) is 1. The van der Waals surface area contributed by atoms with Gasteiger partial charge in [-0.2, -0.15) is 0 Å². The third kappa shape index (κ3) is 4.18. The average molecular weight is 339 g/mol. The van der Waals surface area contributed by atoms with Crippen molar-refractivity contribution in [3.63, 3.8) is 0 Å². The molecule has 1 N–H and O–H groups in total. The summed E-state index contributed by atoms with van der Waals surface area (Å²) in [5.74, 6) is 1.41. The number of carbonyl (C=O) groups is 1. The summed E-state index contributed by atoms with van der Waals surface area (Å²) in [5.41, 5.74) is 1.29. The maximum atomic E-state index is 12.5. The van der Waals surface area contributed by atoms with E-state index in [1.54, 1.807) is 0 Å². The van der Waals surface area contributed by atoms with E-state index in [1.165, 1.54) is 5.56 Å². The average Bonchev–Trinajstić information content (AvgIpc) is 2.78. The highest BCUT2D eigenvalue weighted by Crippen LogP contribution is 2.28. The van der Waals surface area contributed by atoms with Gasteiger partial charge in [0.2, 0.25) is 0 Å². The summed E-state index contributed by atoms with van der Waals surface area (Å²) in [4.78, 5) is 14.6. The lowest BCUT2D eigenvalue weighted by Crippen LogP contribution is -2.44. The molecule has 0 radical (unpaired) electrons. The number of nitrogens with one attached hydrogen (secondary N) is 1. The van der Waals surface area contributed by atoms with Crippen LogP contribution in [0.1, 0.15) is 44.6 Å². The van der Waals surface area contributed by atoms with Gasteiger partial charge in [-0.15, -0.1) is 12.4 Å². The van der Waals surface area contributed by atoms with Gasteiger partial charge in [-0.1, -0.05) is 26.0 Å². The SMILES string of the molecule is CC(C)c1ccc(OCC(=O)N2C3CCNCC2CC3)cc1.Cl. The van der Waals surface area contributed by atoms with E-state index in [0.29, 0.717) is 18.0 Å². The van der Waals surface area contributed by atoms with Crippen LogP contribution >= 0.6 is 12.4 Å². The predicted octanol–water partition coefficient (Wildman–Crippen LogP) is 2.96. The lowest BCUT2D eigenvalue weighted by atomic mass is 10.0. The number of amides is 1. The Balaban J connectivity index is 0.00000192. The van der Waals surface area contributed by atoms with Crippen molar-refractivity contribution in [2.24, 2.45) is 0 Å². The fourth-order valence-corrected chi connectivity index (χ4v) is 3.56. The molecule has 4 nitrogen and oxygen atoms in total. The van der Waals surface area contributed by atoms with Crippen LogP contribution in [0.5, 0.6) is 5.75 Å². The molecule has 2 atom stereocenters. The molecular formula is C18H27ClN2O2. The highest BCUT2D eigenvalue weighted by atomic mass is 35.5. The zero-order valence-corrected chi connectivity index (χ0v) is 14.8. The molecule has 2 aliphatic rings. The van der Waals surface area contributed by atoms with Crippen molar-refractivity contribution in [2.75, 3.05) is 19.7 Å². The summed E-state index contributed by atoms with van der Waals surface area (Å²) in [6, 6.07) is 8.82. The fourth-order valence-electron chi connectivity index (χ4n) is 3.56. The van der Waals surface area contributed by atoms with Gasteiger partial charge in [-0.05, 0) is 49.4 Å². The van der Waals surface area contributed by atoms with Crippen LogP contribution < -0.4 is 10.1 Å². The first-order valence-corrected chi connectivity index (χ1v) is 8.40. The van der Waals surface area contributed by atoms with Crippen LogP contribution in [0.15, 0.2) is 24.3 Å². The summed E-state index contributed by atoms with van der Waals surface area (Å²) >= 11 is 0. The summed E-state index contributed by atoms with van der Waals surface area (Å²) in [6.07, 6.45) is 3.32. The molecule has 23 heavy (non-hydrogen) atoms. The van der Waals surface area contributed by atoms with E-state index in [1.807, 2.05) is 12.1 Å². The molecule has 3 rings (SSSR count). The maximum Gasteiger partial charge on any atom is 0.261 e.